The van der Waals surface area contributed by atoms with Gasteiger partial charge < -0.3 is 10.5 Å². The van der Waals surface area contributed by atoms with Crippen molar-refractivity contribution in [1.82, 2.24) is 0 Å². The first-order valence-corrected chi connectivity index (χ1v) is 8.15. The number of benzene rings is 1. The van der Waals surface area contributed by atoms with E-state index in [0.717, 1.165) is 13.0 Å². The summed E-state index contributed by atoms with van der Waals surface area (Å²) in [4.78, 5) is 0. The van der Waals surface area contributed by atoms with Crippen LogP contribution >= 0.6 is 0 Å². The van der Waals surface area contributed by atoms with Crippen LogP contribution < -0.4 is 5.73 Å². The second kappa shape index (κ2) is 5.87. The molecular weight excluding hydrogens is 246 g/mol. The van der Waals surface area contributed by atoms with Gasteiger partial charge in [0, 0.05) is 0 Å². The standard InChI is InChI=1S/C18H27NO/c1-14-4-6-15(7-5-14)16(13-19)12-17-8-11-18(20-17)9-2-3-10-18/h4-7,16-17H,2-3,8-13,19H2,1H3. The van der Waals surface area contributed by atoms with Crippen LogP contribution in [0.2, 0.25) is 0 Å². The second-order valence-corrected chi connectivity index (χ2v) is 6.75. The minimum atomic E-state index is 0.247. The first-order chi connectivity index (χ1) is 9.71. The fourth-order valence-electron chi connectivity index (χ4n) is 3.97. The van der Waals surface area contributed by atoms with Gasteiger partial charge in [0.1, 0.15) is 0 Å². The van der Waals surface area contributed by atoms with Crippen LogP contribution in [0.5, 0.6) is 0 Å². The quantitative estimate of drug-likeness (QED) is 0.902. The summed E-state index contributed by atoms with van der Waals surface area (Å²) in [6, 6.07) is 8.83. The van der Waals surface area contributed by atoms with Crippen molar-refractivity contribution in [3.63, 3.8) is 0 Å². The van der Waals surface area contributed by atoms with Crippen molar-refractivity contribution in [3.05, 3.63) is 35.4 Å². The van der Waals surface area contributed by atoms with Gasteiger partial charge >= 0.3 is 0 Å². The summed E-state index contributed by atoms with van der Waals surface area (Å²) >= 11 is 0. The smallest absolute Gasteiger partial charge is 0.0687 e. The van der Waals surface area contributed by atoms with E-state index >= 15 is 0 Å². The molecule has 0 amide bonds. The molecular formula is C18H27NO. The zero-order chi connectivity index (χ0) is 14.0. The Morgan fingerprint density at radius 3 is 2.55 bits per heavy atom. The Hall–Kier alpha value is -0.860. The lowest BCUT2D eigenvalue weighted by Crippen LogP contribution is -2.26. The SMILES string of the molecule is Cc1ccc(C(CN)CC2CCC3(CCCC3)O2)cc1. The molecule has 3 rings (SSSR count). The maximum absolute atomic E-state index is 6.43. The van der Waals surface area contributed by atoms with Gasteiger partial charge in [-0.25, -0.2) is 0 Å². The van der Waals surface area contributed by atoms with Gasteiger partial charge in [0.2, 0.25) is 0 Å². The average Bonchev–Trinajstić information content (AvgIpc) is 3.08. The molecule has 2 unspecified atom stereocenters. The third-order valence-corrected chi connectivity index (χ3v) is 5.23. The highest BCUT2D eigenvalue weighted by Crippen LogP contribution is 2.45. The Labute approximate surface area is 122 Å². The fourth-order valence-corrected chi connectivity index (χ4v) is 3.97. The summed E-state index contributed by atoms with van der Waals surface area (Å²) in [7, 11) is 0. The van der Waals surface area contributed by atoms with Crippen LogP contribution in [-0.2, 0) is 4.74 Å². The Morgan fingerprint density at radius 1 is 1.20 bits per heavy atom. The van der Waals surface area contributed by atoms with E-state index in [1.54, 1.807) is 0 Å². The summed E-state index contributed by atoms with van der Waals surface area (Å²) in [6.07, 6.45) is 9.26. The molecule has 2 atom stereocenters. The minimum absolute atomic E-state index is 0.247. The zero-order valence-corrected chi connectivity index (χ0v) is 12.6. The Bertz CT molecular complexity index is 433. The maximum atomic E-state index is 6.43. The van der Waals surface area contributed by atoms with Crippen LogP contribution in [0.3, 0.4) is 0 Å². The van der Waals surface area contributed by atoms with Crippen LogP contribution in [0, 0.1) is 6.92 Å². The van der Waals surface area contributed by atoms with E-state index in [0.29, 0.717) is 12.0 Å². The Morgan fingerprint density at radius 2 is 1.90 bits per heavy atom. The number of hydrogen-bond donors (Lipinski definition) is 1. The molecule has 20 heavy (non-hydrogen) atoms. The van der Waals surface area contributed by atoms with Crippen molar-refractivity contribution in [1.29, 1.82) is 0 Å². The normalized spacial score (nSPS) is 26.2. The van der Waals surface area contributed by atoms with Crippen LogP contribution in [0.15, 0.2) is 24.3 Å². The predicted octanol–water partition coefficient (Wildman–Crippen LogP) is 3.92. The van der Waals surface area contributed by atoms with E-state index in [4.69, 9.17) is 10.5 Å². The monoisotopic (exact) mass is 273 g/mol. The number of hydrogen-bond acceptors (Lipinski definition) is 2. The van der Waals surface area contributed by atoms with Gasteiger partial charge in [-0.15, -0.1) is 0 Å². The highest BCUT2D eigenvalue weighted by molar-refractivity contribution is 5.25. The lowest BCUT2D eigenvalue weighted by molar-refractivity contribution is -0.0408. The van der Waals surface area contributed by atoms with Crippen molar-refractivity contribution >= 4 is 0 Å². The average molecular weight is 273 g/mol. The zero-order valence-electron chi connectivity index (χ0n) is 12.6. The van der Waals surface area contributed by atoms with E-state index in [1.165, 1.54) is 49.7 Å². The van der Waals surface area contributed by atoms with Crippen molar-refractivity contribution in [2.24, 2.45) is 5.73 Å². The van der Waals surface area contributed by atoms with Crippen molar-refractivity contribution < 1.29 is 4.74 Å². The first-order valence-electron chi connectivity index (χ1n) is 8.15. The molecule has 1 saturated carbocycles. The summed E-state index contributed by atoms with van der Waals surface area (Å²) in [6.45, 7) is 2.85. The van der Waals surface area contributed by atoms with Gasteiger partial charge in [0.25, 0.3) is 0 Å². The highest BCUT2D eigenvalue weighted by atomic mass is 16.5. The lowest BCUT2D eigenvalue weighted by atomic mass is 9.91. The molecule has 110 valence electrons. The van der Waals surface area contributed by atoms with Crippen molar-refractivity contribution in [2.45, 2.75) is 69.5 Å². The first kappa shape index (κ1) is 14.1. The van der Waals surface area contributed by atoms with Crippen LogP contribution in [0.1, 0.15) is 62.0 Å². The van der Waals surface area contributed by atoms with Gasteiger partial charge in [-0.1, -0.05) is 42.7 Å². The Balaban J connectivity index is 1.62. The molecule has 1 aliphatic carbocycles. The molecule has 2 nitrogen and oxygen atoms in total. The lowest BCUT2D eigenvalue weighted by Gasteiger charge is -2.25. The van der Waals surface area contributed by atoms with E-state index in [9.17, 15) is 0 Å². The summed E-state index contributed by atoms with van der Waals surface area (Å²) in [5.74, 6) is 0.442. The third-order valence-electron chi connectivity index (χ3n) is 5.23. The van der Waals surface area contributed by atoms with E-state index in [1.807, 2.05) is 0 Å². The summed E-state index contributed by atoms with van der Waals surface area (Å²) in [5, 5.41) is 0. The third kappa shape index (κ3) is 2.91. The number of nitrogens with two attached hydrogens (primary N) is 1. The summed E-state index contributed by atoms with van der Waals surface area (Å²) in [5.41, 5.74) is 8.94. The molecule has 0 aromatic heterocycles. The number of ether oxygens (including phenoxy) is 1. The van der Waals surface area contributed by atoms with Crippen LogP contribution in [0.25, 0.3) is 0 Å². The second-order valence-electron chi connectivity index (χ2n) is 6.75. The minimum Gasteiger partial charge on any atom is -0.372 e. The van der Waals surface area contributed by atoms with E-state index < -0.39 is 0 Å². The Kier molecular flexibility index (Phi) is 4.13. The van der Waals surface area contributed by atoms with E-state index in [-0.39, 0.29) is 5.60 Å². The van der Waals surface area contributed by atoms with Gasteiger partial charge in [0.15, 0.2) is 0 Å². The van der Waals surface area contributed by atoms with Crippen LogP contribution in [-0.4, -0.2) is 18.2 Å². The predicted molar refractivity (Wildman–Crippen MR) is 82.9 cm³/mol. The molecule has 1 aromatic carbocycles. The van der Waals surface area contributed by atoms with Gasteiger partial charge in [-0.2, -0.15) is 0 Å². The molecule has 2 fully saturated rings. The molecule has 1 spiro atoms. The summed E-state index contributed by atoms with van der Waals surface area (Å²) < 4.78 is 6.43. The number of rotatable bonds is 4. The van der Waals surface area contributed by atoms with Gasteiger partial charge in [-0.3, -0.25) is 0 Å². The number of aryl methyl sites for hydroxylation is 1. The van der Waals surface area contributed by atoms with Crippen LogP contribution in [0.4, 0.5) is 0 Å². The molecule has 1 aromatic rings. The molecule has 1 saturated heterocycles. The van der Waals surface area contributed by atoms with Crippen molar-refractivity contribution in [3.8, 4) is 0 Å². The largest absolute Gasteiger partial charge is 0.372 e. The molecule has 2 aliphatic rings. The molecule has 1 heterocycles. The molecule has 0 radical (unpaired) electrons. The molecule has 0 bridgehead atoms. The maximum Gasteiger partial charge on any atom is 0.0687 e. The molecule has 1 aliphatic heterocycles. The van der Waals surface area contributed by atoms with Gasteiger partial charge in [0.05, 0.1) is 11.7 Å². The highest BCUT2D eigenvalue weighted by Gasteiger charge is 2.42. The topological polar surface area (TPSA) is 35.2 Å². The fraction of sp³-hybridized carbons (Fsp3) is 0.667. The van der Waals surface area contributed by atoms with Gasteiger partial charge in [-0.05, 0) is 57.1 Å². The van der Waals surface area contributed by atoms with Crippen molar-refractivity contribution in [2.75, 3.05) is 6.54 Å². The van der Waals surface area contributed by atoms with E-state index in [2.05, 4.69) is 31.2 Å². The molecule has 2 N–H and O–H groups in total. The molecule has 2 heteroatoms.